The molecule has 0 N–H and O–H groups in total. The van der Waals surface area contributed by atoms with Crippen LogP contribution < -0.4 is 0 Å². The maximum atomic E-state index is 4.02. The van der Waals surface area contributed by atoms with Gasteiger partial charge in [0.2, 0.25) is 0 Å². The third-order valence-electron chi connectivity index (χ3n) is 2.18. The Morgan fingerprint density at radius 3 is 2.62 bits per heavy atom. The zero-order chi connectivity index (χ0) is 11.4. The highest BCUT2D eigenvalue weighted by atomic mass is 79.9. The number of nitrogens with zero attached hydrogens (tertiary/aromatic N) is 1. The average Bonchev–Trinajstić information content (AvgIpc) is 2.32. The third-order valence-corrected chi connectivity index (χ3v) is 3.04. The van der Waals surface area contributed by atoms with Crippen molar-refractivity contribution in [2.45, 2.75) is 6.92 Å². The minimum absolute atomic E-state index is 0.930. The van der Waals surface area contributed by atoms with Crippen molar-refractivity contribution in [2.24, 2.45) is 0 Å². The van der Waals surface area contributed by atoms with Gasteiger partial charge in [-0.15, -0.1) is 0 Å². The highest BCUT2D eigenvalue weighted by Gasteiger charge is 1.94. The molecular formula is C14H10BrN. The van der Waals surface area contributed by atoms with Crippen molar-refractivity contribution in [1.82, 2.24) is 4.98 Å². The summed E-state index contributed by atoms with van der Waals surface area (Å²) < 4.78 is 1.09. The molecule has 0 aliphatic rings. The van der Waals surface area contributed by atoms with Gasteiger partial charge in [-0.2, -0.15) is 0 Å². The maximum Gasteiger partial charge on any atom is 0.0432 e. The van der Waals surface area contributed by atoms with Crippen LogP contribution in [-0.2, 0) is 0 Å². The van der Waals surface area contributed by atoms with E-state index in [0.717, 1.165) is 15.6 Å². The van der Waals surface area contributed by atoms with Crippen molar-refractivity contribution in [2.75, 3.05) is 0 Å². The molecule has 2 aromatic rings. The van der Waals surface area contributed by atoms with Gasteiger partial charge in [-0.05, 0) is 36.8 Å². The van der Waals surface area contributed by atoms with Crippen molar-refractivity contribution >= 4 is 15.9 Å². The fraction of sp³-hybridized carbons (Fsp3) is 0.0714. The van der Waals surface area contributed by atoms with Gasteiger partial charge in [-0.1, -0.05) is 33.8 Å². The number of hydrogen-bond acceptors (Lipinski definition) is 1. The molecule has 16 heavy (non-hydrogen) atoms. The lowest BCUT2D eigenvalue weighted by molar-refractivity contribution is 1.31. The lowest BCUT2D eigenvalue weighted by Gasteiger charge is -1.97. The van der Waals surface area contributed by atoms with Crippen LogP contribution in [0.2, 0.25) is 0 Å². The Hall–Kier alpha value is -1.59. The SMILES string of the molecule is Cc1ccc(C#Cc2cccnc2)cc1Br. The summed E-state index contributed by atoms with van der Waals surface area (Å²) in [5.74, 6) is 6.18. The van der Waals surface area contributed by atoms with Crippen molar-refractivity contribution in [1.29, 1.82) is 0 Å². The summed E-state index contributed by atoms with van der Waals surface area (Å²) in [6, 6.07) is 9.93. The van der Waals surface area contributed by atoms with Gasteiger partial charge in [0.05, 0.1) is 0 Å². The van der Waals surface area contributed by atoms with E-state index in [1.54, 1.807) is 12.4 Å². The molecule has 0 fully saturated rings. The van der Waals surface area contributed by atoms with E-state index in [0.29, 0.717) is 0 Å². The number of aromatic nitrogens is 1. The highest BCUT2D eigenvalue weighted by molar-refractivity contribution is 9.10. The number of halogens is 1. The lowest BCUT2D eigenvalue weighted by Crippen LogP contribution is -1.80. The van der Waals surface area contributed by atoms with Gasteiger partial charge in [0, 0.05) is 28.0 Å². The molecule has 1 aromatic heterocycles. The van der Waals surface area contributed by atoms with Crippen LogP contribution in [0, 0.1) is 18.8 Å². The summed E-state index contributed by atoms with van der Waals surface area (Å²) in [5.41, 5.74) is 3.15. The van der Waals surface area contributed by atoms with Crippen molar-refractivity contribution < 1.29 is 0 Å². The second-order valence-corrected chi connectivity index (χ2v) is 4.31. The van der Waals surface area contributed by atoms with Crippen LogP contribution >= 0.6 is 15.9 Å². The summed E-state index contributed by atoms with van der Waals surface area (Å²) in [6.45, 7) is 2.06. The Bertz CT molecular complexity index is 550. The molecule has 1 nitrogen and oxygen atoms in total. The van der Waals surface area contributed by atoms with Gasteiger partial charge < -0.3 is 0 Å². The second-order valence-electron chi connectivity index (χ2n) is 3.46. The first kappa shape index (κ1) is 10.9. The Kier molecular flexibility index (Phi) is 3.38. The van der Waals surface area contributed by atoms with E-state index in [1.165, 1.54) is 5.56 Å². The number of hydrogen-bond donors (Lipinski definition) is 0. The molecule has 1 aromatic carbocycles. The Morgan fingerprint density at radius 2 is 1.94 bits per heavy atom. The molecule has 0 atom stereocenters. The number of benzene rings is 1. The van der Waals surface area contributed by atoms with E-state index in [4.69, 9.17) is 0 Å². The van der Waals surface area contributed by atoms with E-state index in [1.807, 2.05) is 24.3 Å². The standard InChI is InChI=1S/C14H10BrN/c1-11-4-5-12(9-14(11)15)6-7-13-3-2-8-16-10-13/h2-5,8-10H,1H3. The van der Waals surface area contributed by atoms with Crippen LogP contribution in [0.25, 0.3) is 0 Å². The number of rotatable bonds is 0. The minimum atomic E-state index is 0.930. The maximum absolute atomic E-state index is 4.02. The Morgan fingerprint density at radius 1 is 1.12 bits per heavy atom. The average molecular weight is 272 g/mol. The van der Waals surface area contributed by atoms with Gasteiger partial charge in [-0.25, -0.2) is 0 Å². The Balaban J connectivity index is 2.28. The molecule has 0 amide bonds. The van der Waals surface area contributed by atoms with Crippen molar-refractivity contribution in [3.05, 3.63) is 63.9 Å². The molecule has 1 heterocycles. The van der Waals surface area contributed by atoms with Crippen LogP contribution in [0.5, 0.6) is 0 Å². The monoisotopic (exact) mass is 271 g/mol. The predicted molar refractivity (Wildman–Crippen MR) is 69.1 cm³/mol. The zero-order valence-electron chi connectivity index (χ0n) is 8.87. The molecule has 2 rings (SSSR count). The zero-order valence-corrected chi connectivity index (χ0v) is 10.5. The van der Waals surface area contributed by atoms with Gasteiger partial charge >= 0.3 is 0 Å². The second kappa shape index (κ2) is 4.96. The molecule has 0 aliphatic carbocycles. The van der Waals surface area contributed by atoms with E-state index >= 15 is 0 Å². The van der Waals surface area contributed by atoms with E-state index in [2.05, 4.69) is 45.7 Å². The van der Waals surface area contributed by atoms with Gasteiger partial charge in [0.15, 0.2) is 0 Å². The van der Waals surface area contributed by atoms with Crippen LogP contribution in [0.1, 0.15) is 16.7 Å². The fourth-order valence-electron chi connectivity index (χ4n) is 1.25. The lowest BCUT2D eigenvalue weighted by atomic mass is 10.1. The summed E-state index contributed by atoms with van der Waals surface area (Å²) in [5, 5.41) is 0. The molecule has 78 valence electrons. The van der Waals surface area contributed by atoms with Crippen LogP contribution in [-0.4, -0.2) is 4.98 Å². The predicted octanol–water partition coefficient (Wildman–Crippen LogP) is 3.55. The molecule has 2 heteroatoms. The highest BCUT2D eigenvalue weighted by Crippen LogP contribution is 2.16. The molecule has 0 aliphatic heterocycles. The van der Waals surface area contributed by atoms with Crippen LogP contribution in [0.4, 0.5) is 0 Å². The third kappa shape index (κ3) is 2.71. The Labute approximate surface area is 104 Å². The van der Waals surface area contributed by atoms with Crippen molar-refractivity contribution in [3.8, 4) is 11.8 Å². The minimum Gasteiger partial charge on any atom is -0.263 e. The van der Waals surface area contributed by atoms with E-state index < -0.39 is 0 Å². The summed E-state index contributed by atoms with van der Waals surface area (Å²) >= 11 is 3.49. The summed E-state index contributed by atoms with van der Waals surface area (Å²) in [4.78, 5) is 4.02. The molecule has 0 radical (unpaired) electrons. The largest absolute Gasteiger partial charge is 0.263 e. The first-order valence-corrected chi connectivity index (χ1v) is 5.73. The first-order valence-electron chi connectivity index (χ1n) is 4.94. The van der Waals surface area contributed by atoms with Gasteiger partial charge in [-0.3, -0.25) is 4.98 Å². The first-order chi connectivity index (χ1) is 7.75. The normalized spacial score (nSPS) is 9.38. The van der Waals surface area contributed by atoms with Gasteiger partial charge in [0.1, 0.15) is 0 Å². The molecule has 0 saturated carbocycles. The number of aryl methyl sites for hydroxylation is 1. The molecule has 0 unspecified atom stereocenters. The number of pyridine rings is 1. The smallest absolute Gasteiger partial charge is 0.0432 e. The summed E-state index contributed by atoms with van der Waals surface area (Å²) in [7, 11) is 0. The van der Waals surface area contributed by atoms with Crippen molar-refractivity contribution in [3.63, 3.8) is 0 Å². The molecule has 0 bridgehead atoms. The quantitative estimate of drug-likeness (QED) is 0.668. The molecule has 0 spiro atoms. The van der Waals surface area contributed by atoms with Crippen LogP contribution in [0.15, 0.2) is 47.2 Å². The fourth-order valence-corrected chi connectivity index (χ4v) is 1.63. The molecular weight excluding hydrogens is 262 g/mol. The van der Waals surface area contributed by atoms with E-state index in [-0.39, 0.29) is 0 Å². The topological polar surface area (TPSA) is 12.9 Å². The van der Waals surface area contributed by atoms with E-state index in [9.17, 15) is 0 Å². The summed E-state index contributed by atoms with van der Waals surface area (Å²) in [6.07, 6.45) is 3.50. The van der Waals surface area contributed by atoms with Gasteiger partial charge in [0.25, 0.3) is 0 Å². The van der Waals surface area contributed by atoms with Crippen LogP contribution in [0.3, 0.4) is 0 Å². The molecule has 0 saturated heterocycles.